The van der Waals surface area contributed by atoms with Gasteiger partial charge in [-0.05, 0) is 12.0 Å². The fraction of sp³-hybridized carbons (Fsp3) is 0.316. The van der Waals surface area contributed by atoms with Gasteiger partial charge in [-0.25, -0.2) is 9.97 Å². The molecule has 0 saturated heterocycles. The number of imidazole rings is 1. The number of carbonyl (C=O) groups is 2. The van der Waals surface area contributed by atoms with Gasteiger partial charge in [0, 0.05) is 39.5 Å². The summed E-state index contributed by atoms with van der Waals surface area (Å²) in [5.41, 5.74) is 1.06. The molecule has 0 bridgehead atoms. The minimum absolute atomic E-state index is 0.0226. The molecule has 3 aromatic rings. The van der Waals surface area contributed by atoms with E-state index in [1.54, 1.807) is 6.20 Å². The minimum Gasteiger partial charge on any atom is -0.348 e. The van der Waals surface area contributed by atoms with Gasteiger partial charge in [0.25, 0.3) is 5.91 Å². The van der Waals surface area contributed by atoms with Gasteiger partial charge in [0.05, 0.1) is 6.04 Å². The van der Waals surface area contributed by atoms with Crippen molar-refractivity contribution in [1.82, 2.24) is 30.0 Å². The summed E-state index contributed by atoms with van der Waals surface area (Å²) in [7, 11) is 3.79. The number of carbonyl (C=O) groups excluding carboxylic acids is 2. The molecule has 1 aromatic carbocycles. The van der Waals surface area contributed by atoms with E-state index in [-0.39, 0.29) is 5.82 Å². The maximum Gasteiger partial charge on any atom is 0.291 e. The van der Waals surface area contributed by atoms with Gasteiger partial charge in [0.15, 0.2) is 0 Å². The second kappa shape index (κ2) is 8.94. The maximum atomic E-state index is 12.4. The van der Waals surface area contributed by atoms with Gasteiger partial charge in [0.1, 0.15) is 12.1 Å². The van der Waals surface area contributed by atoms with Crippen molar-refractivity contribution >= 4 is 18.1 Å². The highest BCUT2D eigenvalue weighted by molar-refractivity contribution is 5.92. The average molecular weight is 381 g/mol. The molecule has 0 fully saturated rings. The Kier molecular flexibility index (Phi) is 6.15. The molecule has 1 atom stereocenters. The number of anilines is 1. The van der Waals surface area contributed by atoms with Crippen LogP contribution in [0.5, 0.6) is 0 Å². The van der Waals surface area contributed by atoms with Crippen LogP contribution in [0.25, 0.3) is 0 Å². The van der Waals surface area contributed by atoms with Gasteiger partial charge < -0.3 is 19.6 Å². The maximum absolute atomic E-state index is 12.4. The van der Waals surface area contributed by atoms with Gasteiger partial charge in [-0.15, -0.1) is 5.10 Å². The van der Waals surface area contributed by atoms with E-state index in [1.807, 2.05) is 60.1 Å². The van der Waals surface area contributed by atoms with E-state index < -0.39 is 11.9 Å². The highest BCUT2D eigenvalue weighted by Gasteiger charge is 2.18. The Bertz CT molecular complexity index is 917. The van der Waals surface area contributed by atoms with E-state index in [4.69, 9.17) is 0 Å². The molecule has 1 amide bonds. The second-order valence-corrected chi connectivity index (χ2v) is 6.59. The summed E-state index contributed by atoms with van der Waals surface area (Å²) in [4.78, 5) is 34.1. The van der Waals surface area contributed by atoms with Crippen molar-refractivity contribution in [2.75, 3.05) is 19.0 Å². The van der Waals surface area contributed by atoms with E-state index in [2.05, 4.69) is 25.5 Å². The molecule has 0 aliphatic carbocycles. The predicted octanol–water partition coefficient (Wildman–Crippen LogP) is 1.05. The Hall–Kier alpha value is -3.49. The highest BCUT2D eigenvalue weighted by atomic mass is 16.2. The summed E-state index contributed by atoms with van der Waals surface area (Å²) in [5.74, 6) is 0.920. The zero-order valence-corrected chi connectivity index (χ0v) is 15.9. The van der Waals surface area contributed by atoms with Crippen molar-refractivity contribution in [3.8, 4) is 0 Å². The first-order valence-corrected chi connectivity index (χ1v) is 8.96. The van der Waals surface area contributed by atoms with Crippen molar-refractivity contribution in [3.05, 3.63) is 59.9 Å². The molecule has 9 heteroatoms. The van der Waals surface area contributed by atoms with Crippen LogP contribution in [0.4, 0.5) is 5.95 Å². The molecule has 1 unspecified atom stereocenters. The summed E-state index contributed by atoms with van der Waals surface area (Å²) < 4.78 is 1.92. The van der Waals surface area contributed by atoms with E-state index in [1.165, 1.54) is 0 Å². The summed E-state index contributed by atoms with van der Waals surface area (Å²) in [6.45, 7) is 0.546. The third kappa shape index (κ3) is 4.81. The first-order valence-electron chi connectivity index (χ1n) is 8.96. The third-order valence-electron chi connectivity index (χ3n) is 4.20. The van der Waals surface area contributed by atoms with Crippen LogP contribution >= 0.6 is 0 Å². The van der Waals surface area contributed by atoms with Crippen LogP contribution in [0.1, 0.15) is 28.4 Å². The Morgan fingerprint density at radius 1 is 1.32 bits per heavy atom. The fourth-order valence-corrected chi connectivity index (χ4v) is 2.82. The number of amides is 1. The SMILES string of the molecule is CN(C)c1nccn1CCC(C=O)NC(=O)c1n[nH]c(Cc2ccccc2)n1. The van der Waals surface area contributed by atoms with Crippen molar-refractivity contribution in [1.29, 1.82) is 0 Å². The lowest BCUT2D eigenvalue weighted by atomic mass is 10.1. The van der Waals surface area contributed by atoms with Crippen LogP contribution in [-0.2, 0) is 17.8 Å². The zero-order valence-electron chi connectivity index (χ0n) is 15.9. The van der Waals surface area contributed by atoms with E-state index in [0.717, 1.165) is 17.8 Å². The molecule has 2 aromatic heterocycles. The van der Waals surface area contributed by atoms with Gasteiger partial charge in [-0.3, -0.25) is 9.89 Å². The average Bonchev–Trinajstić information content (AvgIpc) is 3.35. The Labute approximate surface area is 162 Å². The van der Waals surface area contributed by atoms with Crippen molar-refractivity contribution in [2.45, 2.75) is 25.4 Å². The smallest absolute Gasteiger partial charge is 0.291 e. The molecule has 146 valence electrons. The summed E-state index contributed by atoms with van der Waals surface area (Å²) in [6.07, 6.45) is 5.25. The number of H-pyrrole nitrogens is 1. The first-order chi connectivity index (χ1) is 13.6. The molecule has 0 spiro atoms. The van der Waals surface area contributed by atoms with Crippen molar-refractivity contribution < 1.29 is 9.59 Å². The number of benzene rings is 1. The lowest BCUT2D eigenvalue weighted by Gasteiger charge is -2.16. The number of hydrogen-bond donors (Lipinski definition) is 2. The number of nitrogens with one attached hydrogen (secondary N) is 2. The topological polar surface area (TPSA) is 109 Å². The third-order valence-corrected chi connectivity index (χ3v) is 4.20. The number of nitrogens with zero attached hydrogens (tertiary/aromatic N) is 5. The van der Waals surface area contributed by atoms with Crippen LogP contribution in [0.15, 0.2) is 42.7 Å². The van der Waals surface area contributed by atoms with Crippen LogP contribution < -0.4 is 10.2 Å². The van der Waals surface area contributed by atoms with E-state index in [0.29, 0.717) is 25.2 Å². The van der Waals surface area contributed by atoms with Gasteiger partial charge in [-0.2, -0.15) is 0 Å². The summed E-state index contributed by atoms with van der Waals surface area (Å²) >= 11 is 0. The molecule has 0 aliphatic rings. The molecular formula is C19H23N7O2. The molecule has 0 saturated carbocycles. The van der Waals surface area contributed by atoms with Crippen molar-refractivity contribution in [3.63, 3.8) is 0 Å². The molecule has 0 radical (unpaired) electrons. The van der Waals surface area contributed by atoms with Crippen LogP contribution in [0.3, 0.4) is 0 Å². The summed E-state index contributed by atoms with van der Waals surface area (Å²) in [5, 5.41) is 9.41. The fourth-order valence-electron chi connectivity index (χ4n) is 2.82. The lowest BCUT2D eigenvalue weighted by Crippen LogP contribution is -2.37. The Morgan fingerprint density at radius 2 is 2.11 bits per heavy atom. The quantitative estimate of drug-likeness (QED) is 0.536. The standard InChI is InChI=1S/C19H23N7O2/c1-25(2)19-20-9-11-26(19)10-8-15(13-27)21-18(28)17-22-16(23-24-17)12-14-6-4-3-5-7-14/h3-7,9,11,13,15H,8,10,12H2,1-2H3,(H,21,28)(H,22,23,24). The van der Waals surface area contributed by atoms with Gasteiger partial charge >= 0.3 is 0 Å². The van der Waals surface area contributed by atoms with E-state index in [9.17, 15) is 9.59 Å². The highest BCUT2D eigenvalue weighted by Crippen LogP contribution is 2.09. The Morgan fingerprint density at radius 3 is 2.82 bits per heavy atom. The first kappa shape index (κ1) is 19.3. The van der Waals surface area contributed by atoms with E-state index >= 15 is 0 Å². The van der Waals surface area contributed by atoms with Gasteiger partial charge in [0.2, 0.25) is 11.8 Å². The van der Waals surface area contributed by atoms with Crippen LogP contribution in [-0.4, -0.2) is 57.1 Å². The van der Waals surface area contributed by atoms with Crippen LogP contribution in [0, 0.1) is 0 Å². The number of aromatic amines is 1. The number of hydrogen-bond acceptors (Lipinski definition) is 6. The summed E-state index contributed by atoms with van der Waals surface area (Å²) in [6, 6.07) is 9.13. The van der Waals surface area contributed by atoms with Gasteiger partial charge in [-0.1, -0.05) is 30.3 Å². The van der Waals surface area contributed by atoms with Crippen LogP contribution in [0.2, 0.25) is 0 Å². The Balaban J connectivity index is 1.56. The minimum atomic E-state index is -0.638. The molecule has 9 nitrogen and oxygen atoms in total. The number of rotatable bonds is 9. The molecule has 0 aliphatic heterocycles. The van der Waals surface area contributed by atoms with Crippen molar-refractivity contribution in [2.24, 2.45) is 0 Å². The normalized spacial score (nSPS) is 11.8. The molecule has 28 heavy (non-hydrogen) atoms. The number of aldehydes is 1. The number of aromatic nitrogens is 5. The molecule has 3 rings (SSSR count). The molecular weight excluding hydrogens is 358 g/mol. The zero-order chi connectivity index (χ0) is 19.9. The second-order valence-electron chi connectivity index (χ2n) is 6.59. The number of aryl methyl sites for hydroxylation is 1. The molecule has 2 N–H and O–H groups in total. The monoisotopic (exact) mass is 381 g/mol. The largest absolute Gasteiger partial charge is 0.348 e. The molecule has 2 heterocycles. The lowest BCUT2D eigenvalue weighted by molar-refractivity contribution is -0.109. The predicted molar refractivity (Wildman–Crippen MR) is 104 cm³/mol.